The average Bonchev–Trinajstić information content (AvgIpc) is 2.58. The van der Waals surface area contributed by atoms with Crippen LogP contribution in [0.25, 0.3) is 16.8 Å². The normalized spacial score (nSPS) is 11.0. The molecule has 0 unspecified atom stereocenters. The first kappa shape index (κ1) is 14.9. The van der Waals surface area contributed by atoms with Gasteiger partial charge in [0.05, 0.1) is 0 Å². The summed E-state index contributed by atoms with van der Waals surface area (Å²) in [5.74, 6) is 0.289. The Bertz CT molecular complexity index is 863. The molecule has 1 amide bonds. The number of benzene rings is 3. The highest BCUT2D eigenvalue weighted by Gasteiger charge is 2.02. The van der Waals surface area contributed by atoms with Gasteiger partial charge >= 0.3 is 0 Å². The van der Waals surface area contributed by atoms with E-state index in [0.717, 1.165) is 16.9 Å². The summed E-state index contributed by atoms with van der Waals surface area (Å²) in [4.78, 5) is 10.8. The first-order chi connectivity index (χ1) is 11.2. The minimum absolute atomic E-state index is 0.466. The molecule has 0 saturated carbocycles. The number of fused-ring (bicyclic) bond motifs is 1. The fourth-order valence-corrected chi connectivity index (χ4v) is 2.47. The standard InChI is InChI=1S/C20H17NO2/c21-20(22)12-11-15-5-3-9-18(13-15)23-14-17-8-4-7-16-6-1-2-10-19(16)17/h1-13H,14H2,(H2,21,22)/b12-11-. The Morgan fingerprint density at radius 1 is 1.00 bits per heavy atom. The number of primary amides is 1. The van der Waals surface area contributed by atoms with Crippen LogP contribution in [0.4, 0.5) is 0 Å². The van der Waals surface area contributed by atoms with E-state index in [1.54, 1.807) is 6.08 Å². The number of nitrogens with two attached hydrogens (primary N) is 1. The summed E-state index contributed by atoms with van der Waals surface area (Å²) in [5, 5.41) is 2.39. The second kappa shape index (κ2) is 6.79. The Morgan fingerprint density at radius 3 is 2.65 bits per heavy atom. The third-order valence-electron chi connectivity index (χ3n) is 3.57. The second-order valence-corrected chi connectivity index (χ2v) is 5.24. The van der Waals surface area contributed by atoms with E-state index in [1.165, 1.54) is 16.8 Å². The monoisotopic (exact) mass is 303 g/mol. The smallest absolute Gasteiger partial charge is 0.241 e. The number of carbonyl (C=O) groups excluding carboxylic acids is 1. The molecule has 3 nitrogen and oxygen atoms in total. The molecule has 0 radical (unpaired) electrons. The lowest BCUT2D eigenvalue weighted by Crippen LogP contribution is -2.05. The van der Waals surface area contributed by atoms with Crippen molar-refractivity contribution in [1.29, 1.82) is 0 Å². The Labute approximate surface area is 135 Å². The largest absolute Gasteiger partial charge is 0.489 e. The fraction of sp³-hybridized carbons (Fsp3) is 0.0500. The van der Waals surface area contributed by atoms with Crippen LogP contribution in [-0.4, -0.2) is 5.91 Å². The van der Waals surface area contributed by atoms with Gasteiger partial charge in [-0.05, 0) is 40.1 Å². The minimum atomic E-state index is -0.466. The molecule has 2 N–H and O–H groups in total. The van der Waals surface area contributed by atoms with Gasteiger partial charge in [0.2, 0.25) is 5.91 Å². The van der Waals surface area contributed by atoms with Crippen LogP contribution < -0.4 is 10.5 Å². The van der Waals surface area contributed by atoms with E-state index in [-0.39, 0.29) is 0 Å². The first-order valence-corrected chi connectivity index (χ1v) is 7.39. The molecule has 0 aliphatic heterocycles. The lowest BCUT2D eigenvalue weighted by molar-refractivity contribution is -0.113. The zero-order valence-electron chi connectivity index (χ0n) is 12.6. The lowest BCUT2D eigenvalue weighted by Gasteiger charge is -2.09. The lowest BCUT2D eigenvalue weighted by atomic mass is 10.1. The van der Waals surface area contributed by atoms with E-state index >= 15 is 0 Å². The van der Waals surface area contributed by atoms with Crippen molar-refractivity contribution in [2.45, 2.75) is 6.61 Å². The molecule has 0 aliphatic carbocycles. The fourth-order valence-electron chi connectivity index (χ4n) is 2.47. The van der Waals surface area contributed by atoms with Gasteiger partial charge in [0.1, 0.15) is 12.4 Å². The summed E-state index contributed by atoms with van der Waals surface area (Å²) in [5.41, 5.74) is 7.12. The van der Waals surface area contributed by atoms with Crippen LogP contribution in [0, 0.1) is 0 Å². The number of hydrogen-bond acceptors (Lipinski definition) is 2. The molecule has 0 bridgehead atoms. The molecule has 0 aliphatic rings. The molecule has 0 fully saturated rings. The summed E-state index contributed by atoms with van der Waals surface area (Å²) >= 11 is 0. The molecule has 0 saturated heterocycles. The number of rotatable bonds is 5. The Morgan fingerprint density at radius 2 is 1.78 bits per heavy atom. The predicted octanol–water partition coefficient (Wildman–Crippen LogP) is 3.92. The molecular weight excluding hydrogens is 286 g/mol. The van der Waals surface area contributed by atoms with Crippen LogP contribution in [0.1, 0.15) is 11.1 Å². The molecule has 0 atom stereocenters. The van der Waals surface area contributed by atoms with Crippen LogP contribution in [-0.2, 0) is 11.4 Å². The summed E-state index contributed by atoms with van der Waals surface area (Å²) in [6.45, 7) is 0.490. The first-order valence-electron chi connectivity index (χ1n) is 7.39. The van der Waals surface area contributed by atoms with Crippen LogP contribution >= 0.6 is 0 Å². The van der Waals surface area contributed by atoms with E-state index in [2.05, 4.69) is 24.3 Å². The molecule has 23 heavy (non-hydrogen) atoms. The summed E-state index contributed by atoms with van der Waals surface area (Å²) in [6, 6.07) is 22.0. The van der Waals surface area contributed by atoms with E-state index in [9.17, 15) is 4.79 Å². The van der Waals surface area contributed by atoms with Gasteiger partial charge < -0.3 is 10.5 Å². The zero-order valence-corrected chi connectivity index (χ0v) is 12.6. The van der Waals surface area contributed by atoms with Crippen LogP contribution in [0.2, 0.25) is 0 Å². The molecule has 3 aromatic carbocycles. The number of carbonyl (C=O) groups is 1. The van der Waals surface area contributed by atoms with Crippen molar-refractivity contribution in [1.82, 2.24) is 0 Å². The van der Waals surface area contributed by atoms with Gasteiger partial charge in [0.25, 0.3) is 0 Å². The number of ether oxygens (including phenoxy) is 1. The highest BCUT2D eigenvalue weighted by molar-refractivity contribution is 5.90. The van der Waals surface area contributed by atoms with Gasteiger partial charge in [-0.2, -0.15) is 0 Å². The predicted molar refractivity (Wildman–Crippen MR) is 93.0 cm³/mol. The second-order valence-electron chi connectivity index (χ2n) is 5.24. The van der Waals surface area contributed by atoms with Crippen molar-refractivity contribution >= 4 is 22.8 Å². The van der Waals surface area contributed by atoms with Gasteiger partial charge in [0.15, 0.2) is 0 Å². The zero-order chi connectivity index (χ0) is 16.1. The highest BCUT2D eigenvalue weighted by atomic mass is 16.5. The highest BCUT2D eigenvalue weighted by Crippen LogP contribution is 2.21. The average molecular weight is 303 g/mol. The SMILES string of the molecule is NC(=O)/C=C\c1cccc(OCc2cccc3ccccc23)c1. The van der Waals surface area contributed by atoms with Crippen molar-refractivity contribution < 1.29 is 9.53 Å². The van der Waals surface area contributed by atoms with Crippen molar-refractivity contribution in [2.75, 3.05) is 0 Å². The van der Waals surface area contributed by atoms with Crippen LogP contribution in [0.15, 0.2) is 72.8 Å². The van der Waals surface area contributed by atoms with Gasteiger partial charge in [0, 0.05) is 6.08 Å². The molecule has 3 rings (SSSR count). The maximum atomic E-state index is 10.8. The number of hydrogen-bond donors (Lipinski definition) is 1. The van der Waals surface area contributed by atoms with Gasteiger partial charge in [-0.15, -0.1) is 0 Å². The van der Waals surface area contributed by atoms with Crippen LogP contribution in [0.3, 0.4) is 0 Å². The minimum Gasteiger partial charge on any atom is -0.489 e. The molecule has 0 spiro atoms. The van der Waals surface area contributed by atoms with E-state index < -0.39 is 5.91 Å². The van der Waals surface area contributed by atoms with E-state index in [1.807, 2.05) is 42.5 Å². The Balaban J connectivity index is 1.77. The summed E-state index contributed by atoms with van der Waals surface area (Å²) < 4.78 is 5.90. The molecule has 0 aromatic heterocycles. The van der Waals surface area contributed by atoms with E-state index in [4.69, 9.17) is 10.5 Å². The van der Waals surface area contributed by atoms with Gasteiger partial charge in [-0.25, -0.2) is 0 Å². The van der Waals surface area contributed by atoms with Gasteiger partial charge in [-0.3, -0.25) is 4.79 Å². The van der Waals surface area contributed by atoms with Crippen LogP contribution in [0.5, 0.6) is 5.75 Å². The number of amides is 1. The maximum Gasteiger partial charge on any atom is 0.241 e. The molecule has 3 aromatic rings. The topological polar surface area (TPSA) is 52.3 Å². The molecular formula is C20H17NO2. The third kappa shape index (κ3) is 3.77. The van der Waals surface area contributed by atoms with E-state index in [0.29, 0.717) is 6.61 Å². The van der Waals surface area contributed by atoms with Crippen molar-refractivity contribution in [3.63, 3.8) is 0 Å². The summed E-state index contributed by atoms with van der Waals surface area (Å²) in [6.07, 6.45) is 3.01. The summed E-state index contributed by atoms with van der Waals surface area (Å²) in [7, 11) is 0. The molecule has 3 heteroatoms. The Hall–Kier alpha value is -3.07. The Kier molecular flexibility index (Phi) is 4.39. The van der Waals surface area contributed by atoms with Crippen molar-refractivity contribution in [3.8, 4) is 5.75 Å². The maximum absolute atomic E-state index is 10.8. The quantitative estimate of drug-likeness (QED) is 0.726. The van der Waals surface area contributed by atoms with Crippen molar-refractivity contribution in [2.24, 2.45) is 5.73 Å². The van der Waals surface area contributed by atoms with Gasteiger partial charge in [-0.1, -0.05) is 54.6 Å². The third-order valence-corrected chi connectivity index (χ3v) is 3.57. The molecule has 114 valence electrons. The van der Waals surface area contributed by atoms with Crippen molar-refractivity contribution in [3.05, 3.63) is 83.9 Å². The molecule has 0 heterocycles.